The molecule has 2 atom stereocenters. The van der Waals surface area contributed by atoms with Gasteiger partial charge in [-0.25, -0.2) is 13.8 Å². The van der Waals surface area contributed by atoms with Gasteiger partial charge in [0.05, 0.1) is 59.3 Å². The van der Waals surface area contributed by atoms with Crippen LogP contribution >= 0.6 is 0 Å². The molecule has 1 aromatic carbocycles. The lowest BCUT2D eigenvalue weighted by Crippen LogP contribution is -2.38. The fourth-order valence-corrected chi connectivity index (χ4v) is 6.27. The smallest absolute Gasteiger partial charge is 0.135 e. The van der Waals surface area contributed by atoms with Gasteiger partial charge in [0.2, 0.25) is 0 Å². The van der Waals surface area contributed by atoms with Gasteiger partial charge in [-0.15, -0.1) is 5.10 Å². The Bertz CT molecular complexity index is 1450. The molecule has 3 aromatic heterocycles. The molecule has 0 amide bonds. The molecule has 184 valence electrons. The van der Waals surface area contributed by atoms with Crippen molar-refractivity contribution in [1.29, 1.82) is 0 Å². The molecule has 2 bridgehead atoms. The number of fused-ring (bicyclic) bond motifs is 5. The standard InChI is InChI=1S/C27H26F2N6O/c1-26(2)18-7-8-27(26,23-14-30-13-22(32-23)16-12-31-35(15-16)9-10-36-3)25-17(18)11-21(33-34-25)24-19(28)5-4-6-20(24)29/h4-6,11-15,18H,7-10H2,1-3H3/t18-,27-/m0/s1. The number of methoxy groups -OCH3 is 1. The van der Waals surface area contributed by atoms with Crippen LogP contribution in [0.15, 0.2) is 49.1 Å². The summed E-state index contributed by atoms with van der Waals surface area (Å²) in [6.07, 6.45) is 9.04. The molecule has 3 heterocycles. The van der Waals surface area contributed by atoms with Crippen molar-refractivity contribution in [3.05, 3.63) is 77.6 Å². The quantitative estimate of drug-likeness (QED) is 0.383. The molecule has 4 aromatic rings. The summed E-state index contributed by atoms with van der Waals surface area (Å²) in [5.41, 5.74) is 3.59. The maximum atomic E-state index is 14.5. The summed E-state index contributed by atoms with van der Waals surface area (Å²) in [5, 5.41) is 13.3. The second-order valence-corrected chi connectivity index (χ2v) is 10.1. The van der Waals surface area contributed by atoms with E-state index in [0.29, 0.717) is 13.2 Å². The Morgan fingerprint density at radius 2 is 1.89 bits per heavy atom. The Kier molecular flexibility index (Phi) is 5.22. The highest BCUT2D eigenvalue weighted by Gasteiger charge is 2.65. The van der Waals surface area contributed by atoms with Crippen LogP contribution in [0, 0.1) is 17.0 Å². The van der Waals surface area contributed by atoms with Crippen LogP contribution in [-0.4, -0.2) is 43.7 Å². The van der Waals surface area contributed by atoms with Gasteiger partial charge in [0.25, 0.3) is 0 Å². The molecule has 0 spiro atoms. The molecule has 9 heteroatoms. The number of benzene rings is 1. The van der Waals surface area contributed by atoms with Gasteiger partial charge in [0.1, 0.15) is 11.6 Å². The first-order valence-electron chi connectivity index (χ1n) is 12.0. The summed E-state index contributed by atoms with van der Waals surface area (Å²) in [7, 11) is 1.66. The Morgan fingerprint density at radius 3 is 2.67 bits per heavy atom. The van der Waals surface area contributed by atoms with E-state index < -0.39 is 17.0 Å². The summed E-state index contributed by atoms with van der Waals surface area (Å²) >= 11 is 0. The van der Waals surface area contributed by atoms with E-state index in [-0.39, 0.29) is 22.6 Å². The Hall–Kier alpha value is -3.59. The molecular formula is C27H26F2N6O. The maximum Gasteiger partial charge on any atom is 0.135 e. The molecule has 0 N–H and O–H groups in total. The first-order chi connectivity index (χ1) is 17.4. The van der Waals surface area contributed by atoms with Crippen molar-refractivity contribution in [2.75, 3.05) is 13.7 Å². The highest BCUT2D eigenvalue weighted by Crippen LogP contribution is 2.69. The van der Waals surface area contributed by atoms with Gasteiger partial charge in [-0.05, 0) is 47.9 Å². The fraction of sp³-hybridized carbons (Fsp3) is 0.370. The number of nitrogens with zero attached hydrogens (tertiary/aromatic N) is 6. The van der Waals surface area contributed by atoms with Crippen LogP contribution < -0.4 is 0 Å². The van der Waals surface area contributed by atoms with Crippen LogP contribution in [0.25, 0.3) is 22.5 Å². The Labute approximate surface area is 207 Å². The SMILES string of the molecule is COCCn1cc(-c2cncc([C@@]34CC[C@@H](c5cc(-c6c(F)cccc6F)nnc53)C4(C)C)n2)cn1. The molecule has 2 aliphatic carbocycles. The van der Waals surface area contributed by atoms with Crippen molar-refractivity contribution in [2.24, 2.45) is 5.41 Å². The molecule has 0 unspecified atom stereocenters. The van der Waals surface area contributed by atoms with E-state index in [1.807, 2.05) is 23.1 Å². The third-order valence-corrected chi connectivity index (χ3v) is 8.13. The average Bonchev–Trinajstić information content (AvgIpc) is 3.50. The number of rotatable bonds is 6. The van der Waals surface area contributed by atoms with E-state index >= 15 is 0 Å². The largest absolute Gasteiger partial charge is 0.383 e. The molecule has 0 radical (unpaired) electrons. The van der Waals surface area contributed by atoms with Crippen molar-refractivity contribution in [1.82, 2.24) is 29.9 Å². The summed E-state index contributed by atoms with van der Waals surface area (Å²) in [4.78, 5) is 9.60. The maximum absolute atomic E-state index is 14.5. The molecule has 2 aliphatic rings. The van der Waals surface area contributed by atoms with Crippen LogP contribution in [0.2, 0.25) is 0 Å². The zero-order valence-electron chi connectivity index (χ0n) is 20.4. The van der Waals surface area contributed by atoms with Gasteiger partial charge in [0.15, 0.2) is 0 Å². The number of halogens is 2. The van der Waals surface area contributed by atoms with Crippen molar-refractivity contribution >= 4 is 0 Å². The van der Waals surface area contributed by atoms with E-state index in [1.165, 1.54) is 18.2 Å². The number of aromatic nitrogens is 6. The van der Waals surface area contributed by atoms with Gasteiger partial charge in [-0.2, -0.15) is 10.2 Å². The van der Waals surface area contributed by atoms with E-state index in [4.69, 9.17) is 9.72 Å². The van der Waals surface area contributed by atoms with Gasteiger partial charge < -0.3 is 4.74 Å². The number of ether oxygens (including phenoxy) is 1. The zero-order chi connectivity index (χ0) is 25.1. The Balaban J connectivity index is 1.45. The molecule has 7 nitrogen and oxygen atoms in total. The predicted octanol–water partition coefficient (Wildman–Crippen LogP) is 4.93. The molecular weight excluding hydrogens is 462 g/mol. The van der Waals surface area contributed by atoms with Crippen molar-refractivity contribution in [2.45, 2.75) is 44.6 Å². The van der Waals surface area contributed by atoms with Gasteiger partial charge in [-0.3, -0.25) is 9.67 Å². The lowest BCUT2D eigenvalue weighted by molar-refractivity contribution is 0.183. The summed E-state index contributed by atoms with van der Waals surface area (Å²) in [5.74, 6) is -1.13. The third-order valence-electron chi connectivity index (χ3n) is 8.13. The minimum absolute atomic E-state index is 0.144. The predicted molar refractivity (Wildman–Crippen MR) is 129 cm³/mol. The van der Waals surface area contributed by atoms with Crippen LogP contribution in [-0.2, 0) is 16.7 Å². The van der Waals surface area contributed by atoms with E-state index in [2.05, 4.69) is 34.1 Å². The minimum atomic E-state index is -0.647. The van der Waals surface area contributed by atoms with E-state index in [0.717, 1.165) is 41.1 Å². The van der Waals surface area contributed by atoms with Crippen LogP contribution in [0.5, 0.6) is 0 Å². The second-order valence-electron chi connectivity index (χ2n) is 10.1. The molecule has 6 rings (SSSR count). The second kappa shape index (κ2) is 8.23. The number of hydrogen-bond donors (Lipinski definition) is 0. The topological polar surface area (TPSA) is 78.6 Å². The van der Waals surface area contributed by atoms with Crippen molar-refractivity contribution in [3.8, 4) is 22.5 Å². The van der Waals surface area contributed by atoms with Gasteiger partial charge in [0, 0.05) is 25.1 Å². The van der Waals surface area contributed by atoms with Crippen molar-refractivity contribution in [3.63, 3.8) is 0 Å². The van der Waals surface area contributed by atoms with Gasteiger partial charge in [-0.1, -0.05) is 19.9 Å². The third kappa shape index (κ3) is 3.15. The van der Waals surface area contributed by atoms with Gasteiger partial charge >= 0.3 is 0 Å². The summed E-state index contributed by atoms with van der Waals surface area (Å²) in [6.45, 7) is 5.65. The molecule has 0 aliphatic heterocycles. The first-order valence-corrected chi connectivity index (χ1v) is 12.0. The number of hydrogen-bond acceptors (Lipinski definition) is 6. The highest BCUT2D eigenvalue weighted by atomic mass is 19.1. The molecule has 1 saturated carbocycles. The normalized spacial score (nSPS) is 21.6. The summed E-state index contributed by atoms with van der Waals surface area (Å²) in [6, 6.07) is 5.64. The van der Waals surface area contributed by atoms with Crippen LogP contribution in [0.3, 0.4) is 0 Å². The van der Waals surface area contributed by atoms with E-state index in [9.17, 15) is 8.78 Å². The fourth-order valence-electron chi connectivity index (χ4n) is 6.27. The highest BCUT2D eigenvalue weighted by molar-refractivity contribution is 5.64. The lowest BCUT2D eigenvalue weighted by atomic mass is 9.66. The molecule has 0 saturated heterocycles. The van der Waals surface area contributed by atoms with E-state index in [1.54, 1.807) is 19.5 Å². The summed E-state index contributed by atoms with van der Waals surface area (Å²) < 4.78 is 36.0. The minimum Gasteiger partial charge on any atom is -0.383 e. The average molecular weight is 489 g/mol. The van der Waals surface area contributed by atoms with Crippen molar-refractivity contribution < 1.29 is 13.5 Å². The molecule has 1 fully saturated rings. The van der Waals surface area contributed by atoms with Crippen LogP contribution in [0.1, 0.15) is 49.6 Å². The van der Waals surface area contributed by atoms with Crippen LogP contribution in [0.4, 0.5) is 8.78 Å². The molecule has 36 heavy (non-hydrogen) atoms. The monoisotopic (exact) mass is 488 g/mol. The Morgan fingerprint density at radius 1 is 1.08 bits per heavy atom. The zero-order valence-corrected chi connectivity index (χ0v) is 20.4. The first kappa shape index (κ1) is 22.8. The lowest BCUT2D eigenvalue weighted by Gasteiger charge is -2.37.